The largest absolute Gasteiger partial charge is 0.507 e. The molecule has 3 aliphatic heterocycles. The number of phenolic OH excluding ortho intramolecular Hbond substituents is 4. The first-order valence-electron chi connectivity index (χ1n) is 24.7. The van der Waals surface area contributed by atoms with Crippen LogP contribution in [-0.4, -0.2) is 212 Å². The minimum absolute atomic E-state index is 0.0797. The van der Waals surface area contributed by atoms with Gasteiger partial charge in [-0.25, -0.2) is 14.0 Å². The summed E-state index contributed by atoms with van der Waals surface area (Å²) in [6.07, 6.45) is -23.9. The summed E-state index contributed by atoms with van der Waals surface area (Å²) in [6.45, 7) is -2.37. The molecule has 0 unspecified atom stereocenters. The lowest BCUT2D eigenvalue weighted by Crippen LogP contribution is -2.65. The second-order valence-corrected chi connectivity index (χ2v) is 18.5. The van der Waals surface area contributed by atoms with Crippen molar-refractivity contribution in [3.63, 3.8) is 0 Å². The topological polar surface area (TPSA) is 410 Å². The SMILES string of the molecule is COc1cc(C=CC(=O)OC[C@H]2O[C@@H](O[C@H]3[C@@H](Oc4cc5c(O[C@@H]6O[C@H](CO)[C@@H](O)[C@H](O)[C@H]6O)cc(O)cc5[o+]c4-c4ccc(O)c(OC)c4)O[C@H](COC(=O)C=Cc4ccc(O)c(OC)c4)[C@@H](O)[C@@H]3O)[C@H](O)[C@@H](O)[C@@H]2O)ccc1O. The molecule has 5 aromatic rings. The first kappa shape index (κ1) is 59.5. The highest BCUT2D eigenvalue weighted by atomic mass is 16.8. The van der Waals surface area contributed by atoms with E-state index in [1.807, 2.05) is 0 Å². The molecule has 27 heteroatoms. The smallest absolute Gasteiger partial charge is 0.402 e. The van der Waals surface area contributed by atoms with Gasteiger partial charge < -0.3 is 118 Å². The number of methoxy groups -OCH3 is 3. The number of benzene rings is 4. The second kappa shape index (κ2) is 25.9. The fraction of sp³-hybridized carbons (Fsp3) is 0.389. The fourth-order valence-electron chi connectivity index (χ4n) is 8.74. The van der Waals surface area contributed by atoms with Gasteiger partial charge in [0.1, 0.15) is 97.2 Å². The lowest BCUT2D eigenvalue weighted by Gasteiger charge is -2.45. The molecule has 13 N–H and O–H groups in total. The Morgan fingerprint density at radius 2 is 1.00 bits per heavy atom. The van der Waals surface area contributed by atoms with E-state index < -0.39 is 130 Å². The molecule has 3 aliphatic rings. The van der Waals surface area contributed by atoms with E-state index in [0.717, 1.165) is 24.3 Å². The summed E-state index contributed by atoms with van der Waals surface area (Å²) >= 11 is 0. The molecule has 0 radical (unpaired) electrons. The van der Waals surface area contributed by atoms with Crippen molar-refractivity contribution < 1.29 is 132 Å². The molecule has 4 heterocycles. The van der Waals surface area contributed by atoms with Crippen LogP contribution in [-0.2, 0) is 38.0 Å². The molecule has 0 saturated carbocycles. The molecule has 81 heavy (non-hydrogen) atoms. The average Bonchev–Trinajstić information content (AvgIpc) is 3.57. The summed E-state index contributed by atoms with van der Waals surface area (Å²) < 4.78 is 68.6. The van der Waals surface area contributed by atoms with Gasteiger partial charge in [0, 0.05) is 30.4 Å². The van der Waals surface area contributed by atoms with Crippen LogP contribution in [0.4, 0.5) is 0 Å². The minimum atomic E-state index is -2.15. The third-order valence-electron chi connectivity index (χ3n) is 13.2. The molecule has 4 aromatic carbocycles. The van der Waals surface area contributed by atoms with Crippen molar-refractivity contribution in [2.24, 2.45) is 0 Å². The van der Waals surface area contributed by atoms with E-state index in [9.17, 15) is 76.0 Å². The molecule has 8 rings (SSSR count). The summed E-state index contributed by atoms with van der Waals surface area (Å²) in [4.78, 5) is 26.0. The molecular formula is C54H59O27+. The van der Waals surface area contributed by atoms with Crippen molar-refractivity contribution in [1.82, 2.24) is 0 Å². The summed E-state index contributed by atoms with van der Waals surface area (Å²) in [5.41, 5.74) is 0.756. The standard InChI is InChI=1S/C54H58O27/c1-70-33-14-23(4-9-28(33)57)6-12-40(60)73-21-38-43(63)46(66)49(69)53(79-38)81-51-47(67)44(64)39(22-74-41(61)13-7-24-5-10-29(58)34(15-24)71-2)80-54(51)77-36-19-27-31(75-50(36)25-8-11-30(59)35(16-25)72-3)17-26(56)18-32(27)76-52-48(68)45(65)42(62)37(20-55)78-52/h4-19,37-39,42-49,51-55,62-69H,20-22H2,1-3H3,(H3-,56,57,58,59,60,61)/p+1/t37-,38-,39-,42-,43-,44-,45+,46+,47+,48-,49-,51-,52-,53+,54+/m1/s1. The Labute approximate surface area is 458 Å². The van der Waals surface area contributed by atoms with Gasteiger partial charge in [0.15, 0.2) is 46.9 Å². The number of rotatable bonds is 19. The summed E-state index contributed by atoms with van der Waals surface area (Å²) in [6, 6.07) is 15.8. The molecule has 3 saturated heterocycles. The van der Waals surface area contributed by atoms with Crippen LogP contribution < -0.4 is 23.7 Å². The Balaban J connectivity index is 1.13. The predicted octanol–water partition coefficient (Wildman–Crippen LogP) is -0.0607. The molecule has 1 aromatic heterocycles. The van der Waals surface area contributed by atoms with E-state index in [1.165, 1.54) is 94.1 Å². The van der Waals surface area contributed by atoms with Crippen LogP contribution in [0, 0.1) is 0 Å². The number of aliphatic hydroxyl groups excluding tert-OH is 9. The number of fused-ring (bicyclic) bond motifs is 1. The minimum Gasteiger partial charge on any atom is -0.507 e. The van der Waals surface area contributed by atoms with Gasteiger partial charge in [-0.1, -0.05) is 12.1 Å². The number of aliphatic hydroxyl groups is 9. The molecule has 15 atom stereocenters. The molecule has 0 aliphatic carbocycles. The predicted molar refractivity (Wildman–Crippen MR) is 272 cm³/mol. The van der Waals surface area contributed by atoms with Crippen LogP contribution in [0.25, 0.3) is 34.4 Å². The maximum atomic E-state index is 13.1. The number of carbonyl (C=O) groups is 2. The van der Waals surface area contributed by atoms with Crippen molar-refractivity contribution in [2.45, 2.75) is 92.1 Å². The zero-order valence-corrected chi connectivity index (χ0v) is 43.0. The number of esters is 2. The lowest BCUT2D eigenvalue weighted by atomic mass is 9.97. The Hall–Kier alpha value is -7.61. The van der Waals surface area contributed by atoms with Crippen molar-refractivity contribution in [3.05, 3.63) is 96.1 Å². The van der Waals surface area contributed by atoms with Crippen LogP contribution in [0.1, 0.15) is 11.1 Å². The summed E-state index contributed by atoms with van der Waals surface area (Å²) in [7, 11) is 3.91. The highest BCUT2D eigenvalue weighted by molar-refractivity contribution is 5.89. The van der Waals surface area contributed by atoms with E-state index in [2.05, 4.69) is 0 Å². The zero-order valence-electron chi connectivity index (χ0n) is 43.0. The number of carbonyl (C=O) groups excluding carboxylic acids is 2. The van der Waals surface area contributed by atoms with Crippen LogP contribution in [0.3, 0.4) is 0 Å². The fourth-order valence-corrected chi connectivity index (χ4v) is 8.74. The first-order valence-corrected chi connectivity index (χ1v) is 24.7. The first-order chi connectivity index (χ1) is 38.7. The zero-order chi connectivity index (χ0) is 58.4. The molecular weight excluding hydrogens is 1080 g/mol. The van der Waals surface area contributed by atoms with Gasteiger partial charge in [0.2, 0.25) is 18.3 Å². The van der Waals surface area contributed by atoms with E-state index in [4.69, 9.17) is 56.5 Å². The highest BCUT2D eigenvalue weighted by Gasteiger charge is 2.53. The van der Waals surface area contributed by atoms with Crippen molar-refractivity contribution in [3.8, 4) is 63.1 Å². The van der Waals surface area contributed by atoms with E-state index >= 15 is 0 Å². The Bertz CT molecular complexity index is 3070. The van der Waals surface area contributed by atoms with E-state index in [1.54, 1.807) is 0 Å². The van der Waals surface area contributed by atoms with Gasteiger partial charge in [-0.15, -0.1) is 0 Å². The summed E-state index contributed by atoms with van der Waals surface area (Å²) in [5.74, 6) is -3.87. The van der Waals surface area contributed by atoms with E-state index in [-0.39, 0.29) is 68.3 Å². The van der Waals surface area contributed by atoms with Crippen molar-refractivity contribution in [2.75, 3.05) is 41.2 Å². The molecule has 27 nitrogen and oxygen atoms in total. The van der Waals surface area contributed by atoms with E-state index in [0.29, 0.717) is 11.1 Å². The van der Waals surface area contributed by atoms with Gasteiger partial charge >= 0.3 is 23.3 Å². The van der Waals surface area contributed by atoms with Crippen LogP contribution >= 0.6 is 0 Å². The maximum Gasteiger partial charge on any atom is 0.402 e. The third kappa shape index (κ3) is 13.4. The molecule has 436 valence electrons. The Morgan fingerprint density at radius 3 is 1.56 bits per heavy atom. The van der Waals surface area contributed by atoms with Gasteiger partial charge in [0.05, 0.1) is 39.6 Å². The normalized spacial score (nSPS) is 28.6. The van der Waals surface area contributed by atoms with Gasteiger partial charge in [-0.3, -0.25) is 0 Å². The number of ether oxygens (including phenoxy) is 11. The monoisotopic (exact) mass is 1140 g/mol. The highest BCUT2D eigenvalue weighted by Crippen LogP contribution is 2.44. The number of aromatic hydroxyl groups is 4. The van der Waals surface area contributed by atoms with Gasteiger partial charge in [-0.2, -0.15) is 0 Å². The number of hydrogen-bond acceptors (Lipinski definition) is 26. The second-order valence-electron chi connectivity index (χ2n) is 18.5. The summed E-state index contributed by atoms with van der Waals surface area (Å²) in [5, 5.41) is 140. The van der Waals surface area contributed by atoms with Crippen LogP contribution in [0.5, 0.6) is 51.7 Å². The van der Waals surface area contributed by atoms with Crippen LogP contribution in [0.15, 0.2) is 89.4 Å². The van der Waals surface area contributed by atoms with Gasteiger partial charge in [-0.05, 0) is 59.7 Å². The van der Waals surface area contributed by atoms with Crippen molar-refractivity contribution >= 4 is 35.1 Å². The molecule has 0 spiro atoms. The quantitative estimate of drug-likeness (QED) is 0.0293. The van der Waals surface area contributed by atoms with Crippen molar-refractivity contribution in [1.29, 1.82) is 0 Å². The number of phenols is 4. The lowest BCUT2D eigenvalue weighted by molar-refractivity contribution is -0.358. The molecule has 0 bridgehead atoms. The van der Waals surface area contributed by atoms with Crippen LogP contribution in [0.2, 0.25) is 0 Å². The third-order valence-corrected chi connectivity index (χ3v) is 13.2. The molecule has 3 fully saturated rings. The molecule has 0 amide bonds. The maximum absolute atomic E-state index is 13.1. The van der Waals surface area contributed by atoms with Gasteiger partial charge in [0.25, 0.3) is 0 Å². The number of hydrogen-bond donors (Lipinski definition) is 13. The Kier molecular flexibility index (Phi) is 19.0. The Morgan fingerprint density at radius 1 is 0.519 bits per heavy atom. The average molecular weight is 1140 g/mol.